The van der Waals surface area contributed by atoms with Gasteiger partial charge in [0, 0.05) is 7.05 Å². The SMILES string of the molecule is Cn1c(=O)n(Cc2ccccc2)c(=O)c2cc(C(=O)OCCNC(=O)OCc3ccccc3)sc21. The van der Waals surface area contributed by atoms with E-state index < -0.39 is 23.3 Å². The molecule has 0 atom stereocenters. The van der Waals surface area contributed by atoms with E-state index in [-0.39, 0.29) is 36.6 Å². The van der Waals surface area contributed by atoms with E-state index in [4.69, 9.17) is 9.47 Å². The molecule has 0 saturated carbocycles. The van der Waals surface area contributed by atoms with Crippen LogP contribution in [0.4, 0.5) is 4.79 Å². The van der Waals surface area contributed by atoms with Gasteiger partial charge in [0.1, 0.15) is 22.9 Å². The number of fused-ring (bicyclic) bond motifs is 1. The highest BCUT2D eigenvalue weighted by Crippen LogP contribution is 2.22. The lowest BCUT2D eigenvalue weighted by Gasteiger charge is -2.08. The first kappa shape index (κ1) is 24.0. The molecule has 10 heteroatoms. The van der Waals surface area contributed by atoms with Crippen LogP contribution in [-0.2, 0) is 29.7 Å². The van der Waals surface area contributed by atoms with Crippen molar-refractivity contribution in [3.8, 4) is 0 Å². The first-order valence-electron chi connectivity index (χ1n) is 10.8. The van der Waals surface area contributed by atoms with Crippen molar-refractivity contribution in [3.05, 3.63) is 104 Å². The number of rotatable bonds is 8. The van der Waals surface area contributed by atoms with Crippen LogP contribution in [-0.4, -0.2) is 34.3 Å². The molecule has 0 bridgehead atoms. The van der Waals surface area contributed by atoms with Crippen LogP contribution in [0.2, 0.25) is 0 Å². The van der Waals surface area contributed by atoms with Crippen LogP contribution < -0.4 is 16.6 Å². The van der Waals surface area contributed by atoms with Gasteiger partial charge in [-0.3, -0.25) is 13.9 Å². The first-order valence-corrected chi connectivity index (χ1v) is 11.6. The summed E-state index contributed by atoms with van der Waals surface area (Å²) in [7, 11) is 1.56. The molecule has 0 aliphatic heterocycles. The minimum atomic E-state index is -0.646. The minimum absolute atomic E-state index is 0.0621. The number of aryl methyl sites for hydroxylation is 1. The summed E-state index contributed by atoms with van der Waals surface area (Å²) in [5, 5.41) is 2.78. The van der Waals surface area contributed by atoms with Crippen molar-refractivity contribution in [1.82, 2.24) is 14.5 Å². The number of carbonyl (C=O) groups is 2. The van der Waals surface area contributed by atoms with Gasteiger partial charge in [0.2, 0.25) is 0 Å². The Labute approximate surface area is 204 Å². The Morgan fingerprint density at radius 2 is 1.60 bits per heavy atom. The molecule has 0 fully saturated rings. The van der Waals surface area contributed by atoms with Gasteiger partial charge < -0.3 is 14.8 Å². The van der Waals surface area contributed by atoms with Crippen molar-refractivity contribution in [3.63, 3.8) is 0 Å². The fourth-order valence-electron chi connectivity index (χ4n) is 3.43. The third-order valence-corrected chi connectivity index (χ3v) is 6.40. The van der Waals surface area contributed by atoms with Crippen LogP contribution >= 0.6 is 11.3 Å². The highest BCUT2D eigenvalue weighted by atomic mass is 32.1. The molecule has 0 spiro atoms. The van der Waals surface area contributed by atoms with Crippen LogP contribution in [0.1, 0.15) is 20.8 Å². The molecular formula is C25H23N3O6S. The Balaban J connectivity index is 1.37. The highest BCUT2D eigenvalue weighted by Gasteiger charge is 2.19. The van der Waals surface area contributed by atoms with Crippen LogP contribution in [0.3, 0.4) is 0 Å². The molecular weight excluding hydrogens is 470 g/mol. The van der Waals surface area contributed by atoms with Crippen molar-refractivity contribution in [1.29, 1.82) is 0 Å². The molecule has 2 aromatic carbocycles. The monoisotopic (exact) mass is 493 g/mol. The number of ether oxygens (including phenoxy) is 2. The van der Waals surface area contributed by atoms with E-state index in [1.165, 1.54) is 10.6 Å². The van der Waals surface area contributed by atoms with Crippen molar-refractivity contribution in [2.24, 2.45) is 7.05 Å². The quantitative estimate of drug-likeness (QED) is 0.299. The van der Waals surface area contributed by atoms with Crippen molar-refractivity contribution < 1.29 is 19.1 Å². The molecule has 0 radical (unpaired) electrons. The number of hydrogen-bond acceptors (Lipinski definition) is 7. The van der Waals surface area contributed by atoms with Gasteiger partial charge in [-0.1, -0.05) is 60.7 Å². The van der Waals surface area contributed by atoms with E-state index in [1.54, 1.807) is 7.05 Å². The van der Waals surface area contributed by atoms with Gasteiger partial charge >= 0.3 is 17.8 Å². The fraction of sp³-hybridized carbons (Fsp3) is 0.200. The second kappa shape index (κ2) is 10.8. The van der Waals surface area contributed by atoms with Crippen LogP contribution in [0.25, 0.3) is 10.2 Å². The topological polar surface area (TPSA) is 109 Å². The summed E-state index contributed by atoms with van der Waals surface area (Å²) in [6.07, 6.45) is -0.624. The molecule has 0 aliphatic carbocycles. The molecule has 0 unspecified atom stereocenters. The van der Waals surface area contributed by atoms with E-state index in [0.717, 1.165) is 27.0 Å². The number of thiophene rings is 1. The number of carbonyl (C=O) groups excluding carboxylic acids is 2. The largest absolute Gasteiger partial charge is 0.460 e. The number of aromatic nitrogens is 2. The Morgan fingerprint density at radius 1 is 0.943 bits per heavy atom. The first-order chi connectivity index (χ1) is 16.9. The molecule has 180 valence electrons. The third kappa shape index (κ3) is 5.67. The Hall–Kier alpha value is -4.18. The zero-order valence-electron chi connectivity index (χ0n) is 18.9. The van der Waals surface area contributed by atoms with Gasteiger partial charge in [-0.2, -0.15) is 0 Å². The molecule has 4 aromatic rings. The normalized spacial score (nSPS) is 10.8. The summed E-state index contributed by atoms with van der Waals surface area (Å²) in [5.74, 6) is -0.646. The van der Waals surface area contributed by atoms with E-state index in [9.17, 15) is 19.2 Å². The summed E-state index contributed by atoms with van der Waals surface area (Å²) in [5.41, 5.74) is 0.739. The maximum absolute atomic E-state index is 13.0. The number of alkyl carbamates (subject to hydrolysis) is 1. The summed E-state index contributed by atoms with van der Waals surface area (Å²) >= 11 is 1.01. The minimum Gasteiger partial charge on any atom is -0.460 e. The number of esters is 1. The lowest BCUT2D eigenvalue weighted by molar-refractivity contribution is 0.0509. The Morgan fingerprint density at radius 3 is 2.29 bits per heavy atom. The van der Waals surface area contributed by atoms with Gasteiger partial charge in [0.25, 0.3) is 5.56 Å². The average molecular weight is 494 g/mol. The maximum atomic E-state index is 13.0. The third-order valence-electron chi connectivity index (χ3n) is 5.21. The lowest BCUT2D eigenvalue weighted by Crippen LogP contribution is -2.38. The number of amides is 1. The maximum Gasteiger partial charge on any atom is 0.407 e. The second-order valence-corrected chi connectivity index (χ2v) is 8.70. The molecule has 35 heavy (non-hydrogen) atoms. The number of hydrogen-bond donors (Lipinski definition) is 1. The smallest absolute Gasteiger partial charge is 0.407 e. The summed E-state index contributed by atoms with van der Waals surface area (Å²) in [4.78, 5) is 50.6. The number of nitrogens with one attached hydrogen (secondary N) is 1. The standard InChI is InChI=1S/C25H23N3O6S/c1-27-22-19(21(29)28(25(27)32)15-17-8-4-2-5-9-17)14-20(35-22)23(30)33-13-12-26-24(31)34-16-18-10-6-3-7-11-18/h2-11,14H,12-13,15-16H2,1H3,(H,26,31). The number of benzene rings is 2. The summed E-state index contributed by atoms with van der Waals surface area (Å²) < 4.78 is 12.8. The predicted octanol–water partition coefficient (Wildman–Crippen LogP) is 2.89. The number of nitrogens with zero attached hydrogens (tertiary/aromatic N) is 2. The molecule has 0 saturated heterocycles. The Bertz CT molecular complexity index is 1460. The predicted molar refractivity (Wildman–Crippen MR) is 132 cm³/mol. The average Bonchev–Trinajstić information content (AvgIpc) is 3.34. The van der Waals surface area contributed by atoms with E-state index in [1.807, 2.05) is 60.7 Å². The fourth-order valence-corrected chi connectivity index (χ4v) is 4.43. The van der Waals surface area contributed by atoms with Crippen LogP contribution in [0.5, 0.6) is 0 Å². The molecule has 2 aromatic heterocycles. The highest BCUT2D eigenvalue weighted by molar-refractivity contribution is 7.20. The van der Waals surface area contributed by atoms with Crippen molar-refractivity contribution in [2.75, 3.05) is 13.2 Å². The van der Waals surface area contributed by atoms with E-state index in [0.29, 0.717) is 4.83 Å². The molecule has 0 aliphatic rings. The molecule has 9 nitrogen and oxygen atoms in total. The van der Waals surface area contributed by atoms with Crippen molar-refractivity contribution >= 4 is 33.6 Å². The zero-order chi connectivity index (χ0) is 24.8. The molecule has 4 rings (SSSR count). The van der Waals surface area contributed by atoms with Crippen LogP contribution in [0, 0.1) is 0 Å². The van der Waals surface area contributed by atoms with Gasteiger partial charge in [-0.15, -0.1) is 11.3 Å². The Kier molecular flexibility index (Phi) is 7.41. The van der Waals surface area contributed by atoms with E-state index in [2.05, 4.69) is 5.32 Å². The summed E-state index contributed by atoms with van der Waals surface area (Å²) in [6.45, 7) is 0.246. The van der Waals surface area contributed by atoms with Crippen molar-refractivity contribution in [2.45, 2.75) is 13.2 Å². The molecule has 1 amide bonds. The summed E-state index contributed by atoms with van der Waals surface area (Å²) in [6, 6.07) is 19.9. The van der Waals surface area contributed by atoms with Gasteiger partial charge in [0.05, 0.1) is 18.5 Å². The molecule has 1 N–H and O–H groups in total. The zero-order valence-corrected chi connectivity index (χ0v) is 19.7. The second-order valence-electron chi connectivity index (χ2n) is 7.67. The van der Waals surface area contributed by atoms with Gasteiger partial charge in [-0.25, -0.2) is 14.4 Å². The van der Waals surface area contributed by atoms with E-state index >= 15 is 0 Å². The van der Waals surface area contributed by atoms with Gasteiger partial charge in [0.15, 0.2) is 0 Å². The van der Waals surface area contributed by atoms with Crippen LogP contribution in [0.15, 0.2) is 76.3 Å². The molecule has 2 heterocycles. The van der Waals surface area contributed by atoms with Gasteiger partial charge in [-0.05, 0) is 17.2 Å². The lowest BCUT2D eigenvalue weighted by atomic mass is 10.2.